The van der Waals surface area contributed by atoms with Crippen LogP contribution in [-0.4, -0.2) is 29.5 Å². The van der Waals surface area contributed by atoms with Gasteiger partial charge in [0, 0.05) is 21.1 Å². The molecule has 0 radical (unpaired) electrons. The van der Waals surface area contributed by atoms with E-state index in [4.69, 9.17) is 5.73 Å². The maximum atomic E-state index is 5.62. The molecule has 0 saturated heterocycles. The van der Waals surface area contributed by atoms with Crippen LogP contribution in [0.25, 0.3) is 0 Å². The van der Waals surface area contributed by atoms with E-state index in [0.717, 1.165) is 5.82 Å². The Morgan fingerprint density at radius 2 is 2.42 bits per heavy atom. The first-order valence-corrected chi connectivity index (χ1v) is 3.62. The molecule has 5 nitrogen and oxygen atoms in total. The van der Waals surface area contributed by atoms with Crippen molar-refractivity contribution in [2.45, 2.75) is 0 Å². The molecule has 1 aromatic rings. The molecule has 0 aliphatic heterocycles. The van der Waals surface area contributed by atoms with E-state index in [1.54, 1.807) is 13.4 Å². The maximum absolute atomic E-state index is 5.62. The van der Waals surface area contributed by atoms with Crippen LogP contribution in [-0.2, 0) is 7.05 Å². The zero-order valence-corrected chi connectivity index (χ0v) is 7.50. The lowest BCUT2D eigenvalue weighted by Gasteiger charge is -2.02. The lowest BCUT2D eigenvalue weighted by Crippen LogP contribution is -2.15. The number of hydrogen-bond acceptors (Lipinski definition) is 3. The molecule has 0 bridgehead atoms. The maximum Gasteiger partial charge on any atom is 0.148 e. The van der Waals surface area contributed by atoms with E-state index in [-0.39, 0.29) is 0 Å². The molecule has 0 aromatic carbocycles. The highest BCUT2D eigenvalue weighted by Crippen LogP contribution is 2.10. The van der Waals surface area contributed by atoms with Crippen molar-refractivity contribution in [3.8, 4) is 0 Å². The Morgan fingerprint density at radius 1 is 1.75 bits per heavy atom. The van der Waals surface area contributed by atoms with E-state index in [2.05, 4.69) is 15.3 Å². The minimum Gasteiger partial charge on any atom is -0.382 e. The number of aliphatic imine (C=N–C) groups is 1. The van der Waals surface area contributed by atoms with Crippen LogP contribution in [0.15, 0.2) is 11.3 Å². The van der Waals surface area contributed by atoms with Crippen molar-refractivity contribution in [1.29, 1.82) is 0 Å². The highest BCUT2D eigenvalue weighted by molar-refractivity contribution is 5.99. The molecule has 0 fully saturated rings. The van der Waals surface area contributed by atoms with Crippen molar-refractivity contribution in [3.05, 3.63) is 12.0 Å². The summed E-state index contributed by atoms with van der Waals surface area (Å²) >= 11 is 0. The van der Waals surface area contributed by atoms with E-state index in [1.165, 1.54) is 0 Å². The van der Waals surface area contributed by atoms with Gasteiger partial charge in [0.2, 0.25) is 0 Å². The molecule has 12 heavy (non-hydrogen) atoms. The van der Waals surface area contributed by atoms with Crippen LogP contribution in [0.5, 0.6) is 0 Å². The summed E-state index contributed by atoms with van der Waals surface area (Å²) in [5.41, 5.74) is 6.31. The van der Waals surface area contributed by atoms with Gasteiger partial charge in [0.25, 0.3) is 0 Å². The molecular weight excluding hydrogens is 154 g/mol. The molecule has 0 unspecified atom stereocenters. The molecule has 0 saturated carbocycles. The number of aryl methyl sites for hydroxylation is 1. The van der Waals surface area contributed by atoms with Gasteiger partial charge in [0.05, 0.1) is 6.33 Å². The van der Waals surface area contributed by atoms with Crippen LogP contribution in [0.4, 0.5) is 5.82 Å². The van der Waals surface area contributed by atoms with Crippen LogP contribution >= 0.6 is 0 Å². The number of aromatic nitrogens is 2. The summed E-state index contributed by atoms with van der Waals surface area (Å²) < 4.78 is 1.85. The van der Waals surface area contributed by atoms with Crippen molar-refractivity contribution in [2.75, 3.05) is 19.4 Å². The molecule has 0 aliphatic rings. The van der Waals surface area contributed by atoms with Gasteiger partial charge < -0.3 is 15.6 Å². The molecule has 5 heteroatoms. The summed E-state index contributed by atoms with van der Waals surface area (Å²) in [5, 5.41) is 3.00. The third-order valence-corrected chi connectivity index (χ3v) is 1.66. The molecule has 0 amide bonds. The van der Waals surface area contributed by atoms with Crippen molar-refractivity contribution >= 4 is 11.7 Å². The minimum atomic E-state index is 0.444. The molecule has 66 valence electrons. The Kier molecular flexibility index (Phi) is 2.32. The summed E-state index contributed by atoms with van der Waals surface area (Å²) in [6.45, 7) is 0. The number of hydrogen-bond donors (Lipinski definition) is 2. The first-order chi connectivity index (χ1) is 5.70. The Hall–Kier alpha value is -1.52. The number of amidine groups is 1. The summed E-state index contributed by atoms with van der Waals surface area (Å²) in [7, 11) is 5.36. The molecule has 3 N–H and O–H groups in total. The van der Waals surface area contributed by atoms with Crippen LogP contribution in [0.3, 0.4) is 0 Å². The molecular formula is C7H13N5. The van der Waals surface area contributed by atoms with E-state index in [1.807, 2.05) is 18.7 Å². The van der Waals surface area contributed by atoms with Gasteiger partial charge in [-0.05, 0) is 0 Å². The average Bonchev–Trinajstić information content (AvgIpc) is 2.45. The van der Waals surface area contributed by atoms with E-state index >= 15 is 0 Å². The van der Waals surface area contributed by atoms with E-state index in [0.29, 0.717) is 11.5 Å². The number of nitrogens with two attached hydrogens (primary N) is 1. The van der Waals surface area contributed by atoms with Gasteiger partial charge in [-0.25, -0.2) is 4.98 Å². The highest BCUT2D eigenvalue weighted by Gasteiger charge is 2.09. The van der Waals surface area contributed by atoms with Crippen molar-refractivity contribution in [2.24, 2.45) is 17.8 Å². The first-order valence-electron chi connectivity index (χ1n) is 3.62. The summed E-state index contributed by atoms with van der Waals surface area (Å²) in [4.78, 5) is 7.96. The van der Waals surface area contributed by atoms with Gasteiger partial charge in [-0.2, -0.15) is 0 Å². The quantitative estimate of drug-likeness (QED) is 0.473. The topological polar surface area (TPSA) is 68.2 Å². The van der Waals surface area contributed by atoms with Crippen molar-refractivity contribution < 1.29 is 0 Å². The fourth-order valence-electron chi connectivity index (χ4n) is 1.02. The third kappa shape index (κ3) is 1.25. The molecule has 0 atom stereocenters. The Labute approximate surface area is 71.3 Å². The fourth-order valence-corrected chi connectivity index (χ4v) is 1.02. The molecule has 0 spiro atoms. The van der Waals surface area contributed by atoms with Gasteiger partial charge in [-0.15, -0.1) is 0 Å². The monoisotopic (exact) mass is 167 g/mol. The van der Waals surface area contributed by atoms with Crippen LogP contribution < -0.4 is 11.1 Å². The minimum absolute atomic E-state index is 0.444. The lowest BCUT2D eigenvalue weighted by molar-refractivity contribution is 0.918. The summed E-state index contributed by atoms with van der Waals surface area (Å²) in [6.07, 6.45) is 1.69. The number of nitrogens with zero attached hydrogens (tertiary/aromatic N) is 3. The SMILES string of the molecule is CN=C(N)c1ncn(C)c1NC. The largest absolute Gasteiger partial charge is 0.382 e. The van der Waals surface area contributed by atoms with Gasteiger partial charge in [0.1, 0.15) is 17.3 Å². The number of imidazole rings is 1. The van der Waals surface area contributed by atoms with Gasteiger partial charge in [-0.3, -0.25) is 4.99 Å². The standard InChI is InChI=1S/C7H13N5/c1-9-6(8)5-7(10-2)12(3)4-11-5/h4,10H,1-3H3,(H2,8,9). The van der Waals surface area contributed by atoms with Crippen molar-refractivity contribution in [1.82, 2.24) is 9.55 Å². The normalized spacial score (nSPS) is 11.8. The zero-order valence-electron chi connectivity index (χ0n) is 7.50. The van der Waals surface area contributed by atoms with Crippen LogP contribution in [0.1, 0.15) is 5.69 Å². The van der Waals surface area contributed by atoms with Gasteiger partial charge in [-0.1, -0.05) is 0 Å². The average molecular weight is 167 g/mol. The third-order valence-electron chi connectivity index (χ3n) is 1.66. The predicted octanol–water partition coefficient (Wildman–Crippen LogP) is -0.203. The smallest absolute Gasteiger partial charge is 0.148 e. The highest BCUT2D eigenvalue weighted by atomic mass is 15.1. The van der Waals surface area contributed by atoms with Gasteiger partial charge >= 0.3 is 0 Å². The van der Waals surface area contributed by atoms with E-state index < -0.39 is 0 Å². The van der Waals surface area contributed by atoms with Gasteiger partial charge in [0.15, 0.2) is 0 Å². The second kappa shape index (κ2) is 3.25. The molecule has 1 rings (SSSR count). The van der Waals surface area contributed by atoms with Crippen LogP contribution in [0, 0.1) is 0 Å². The fraction of sp³-hybridized carbons (Fsp3) is 0.429. The first kappa shape index (κ1) is 8.58. The molecule has 0 aliphatic carbocycles. The Bertz CT molecular complexity index is 299. The molecule has 1 aromatic heterocycles. The number of rotatable bonds is 2. The van der Waals surface area contributed by atoms with Crippen molar-refractivity contribution in [3.63, 3.8) is 0 Å². The Balaban J connectivity index is 3.16. The Morgan fingerprint density at radius 3 is 2.92 bits per heavy atom. The zero-order chi connectivity index (χ0) is 9.14. The lowest BCUT2D eigenvalue weighted by atomic mass is 10.4. The second-order valence-corrected chi connectivity index (χ2v) is 2.41. The van der Waals surface area contributed by atoms with Crippen LogP contribution in [0.2, 0.25) is 0 Å². The van der Waals surface area contributed by atoms with E-state index in [9.17, 15) is 0 Å². The summed E-state index contributed by atoms with van der Waals surface area (Å²) in [6, 6.07) is 0. The molecule has 1 heterocycles. The number of nitrogens with one attached hydrogen (secondary N) is 1. The number of anilines is 1. The predicted molar refractivity (Wildman–Crippen MR) is 49.4 cm³/mol. The second-order valence-electron chi connectivity index (χ2n) is 2.41. The summed E-state index contributed by atoms with van der Waals surface area (Å²) in [5.74, 6) is 1.32.